The summed E-state index contributed by atoms with van der Waals surface area (Å²) in [4.78, 5) is 17.6. The Kier molecular flexibility index (Phi) is 6.02. The average Bonchev–Trinajstić information content (AvgIpc) is 3.15. The Bertz CT molecular complexity index is 1280. The zero-order valence-corrected chi connectivity index (χ0v) is 19.5. The molecule has 0 radical (unpaired) electrons. The lowest BCUT2D eigenvalue weighted by Gasteiger charge is -2.36. The molecule has 5 nitrogen and oxygen atoms in total. The second-order valence-corrected chi connectivity index (χ2v) is 9.07. The summed E-state index contributed by atoms with van der Waals surface area (Å²) >= 11 is 6.14. The molecule has 0 amide bonds. The number of fused-ring (bicyclic) bond motifs is 1. The van der Waals surface area contributed by atoms with Gasteiger partial charge in [-0.1, -0.05) is 29.8 Å². The third-order valence-corrected chi connectivity index (χ3v) is 6.55. The van der Waals surface area contributed by atoms with Gasteiger partial charge in [-0.25, -0.2) is 4.39 Å². The number of anilines is 1. The molecule has 0 saturated carbocycles. The molecule has 2 aliphatic heterocycles. The molecule has 1 N–H and O–H groups in total. The highest BCUT2D eigenvalue weighted by molar-refractivity contribution is 6.30. The van der Waals surface area contributed by atoms with Crippen LogP contribution in [0.15, 0.2) is 60.4 Å². The van der Waals surface area contributed by atoms with Gasteiger partial charge in [-0.05, 0) is 60.5 Å². The Labute approximate surface area is 202 Å². The molecule has 7 heteroatoms. The lowest BCUT2D eigenvalue weighted by Crippen LogP contribution is -2.46. The minimum Gasteiger partial charge on any atom is -0.507 e. The van der Waals surface area contributed by atoms with Gasteiger partial charge in [-0.3, -0.25) is 9.69 Å². The monoisotopic (exact) mass is 478 g/mol. The van der Waals surface area contributed by atoms with Crippen LogP contribution in [-0.4, -0.2) is 42.0 Å². The SMILES string of the molecule is Cc1cc(O)c(CN2CCN(c3cccc(Cl)c3)CC2)c2c1C(=O)/C(=C/c1ccc(F)cc1)O2. The van der Waals surface area contributed by atoms with E-state index in [1.807, 2.05) is 18.2 Å². The van der Waals surface area contributed by atoms with Crippen molar-refractivity contribution in [1.82, 2.24) is 4.90 Å². The second kappa shape index (κ2) is 9.12. The molecule has 0 atom stereocenters. The van der Waals surface area contributed by atoms with Crippen LogP contribution in [0, 0.1) is 12.7 Å². The van der Waals surface area contributed by atoms with Crippen LogP contribution >= 0.6 is 11.6 Å². The molecule has 2 aliphatic rings. The maximum atomic E-state index is 13.2. The summed E-state index contributed by atoms with van der Waals surface area (Å²) < 4.78 is 19.2. The zero-order chi connectivity index (χ0) is 23.8. The molecule has 1 fully saturated rings. The van der Waals surface area contributed by atoms with Crippen LogP contribution in [-0.2, 0) is 6.54 Å². The number of aromatic hydroxyl groups is 1. The van der Waals surface area contributed by atoms with Crippen molar-refractivity contribution in [3.8, 4) is 11.5 Å². The highest BCUT2D eigenvalue weighted by atomic mass is 35.5. The number of carbonyl (C=O) groups excluding carboxylic acids is 1. The van der Waals surface area contributed by atoms with E-state index in [-0.39, 0.29) is 23.1 Å². The van der Waals surface area contributed by atoms with Crippen molar-refractivity contribution >= 4 is 29.1 Å². The smallest absolute Gasteiger partial charge is 0.232 e. The predicted octanol–water partition coefficient (Wildman–Crippen LogP) is 5.43. The van der Waals surface area contributed by atoms with E-state index >= 15 is 0 Å². The number of aryl methyl sites for hydroxylation is 1. The van der Waals surface area contributed by atoms with Gasteiger partial charge in [0.05, 0.1) is 11.1 Å². The molecule has 2 heterocycles. The first kappa shape index (κ1) is 22.4. The first-order chi connectivity index (χ1) is 16.4. The van der Waals surface area contributed by atoms with Gasteiger partial charge in [0.2, 0.25) is 5.78 Å². The number of ether oxygens (including phenoxy) is 1. The Balaban J connectivity index is 1.36. The number of hydrogen-bond acceptors (Lipinski definition) is 5. The van der Waals surface area contributed by atoms with Crippen LogP contribution in [0.4, 0.5) is 10.1 Å². The van der Waals surface area contributed by atoms with E-state index in [0.717, 1.165) is 31.9 Å². The highest BCUT2D eigenvalue weighted by Crippen LogP contribution is 2.42. The molecule has 3 aromatic carbocycles. The number of rotatable bonds is 4. The number of nitrogens with zero attached hydrogens (tertiary/aromatic N) is 2. The molecule has 5 rings (SSSR count). The van der Waals surface area contributed by atoms with Gasteiger partial charge in [0.25, 0.3) is 0 Å². The summed E-state index contributed by atoms with van der Waals surface area (Å²) in [5.41, 5.74) is 3.50. The normalized spacial score (nSPS) is 17.2. The van der Waals surface area contributed by atoms with Crippen LogP contribution in [0.2, 0.25) is 5.02 Å². The first-order valence-electron chi connectivity index (χ1n) is 11.2. The number of halogens is 2. The maximum Gasteiger partial charge on any atom is 0.232 e. The largest absolute Gasteiger partial charge is 0.507 e. The fraction of sp³-hybridized carbons (Fsp3) is 0.222. The third kappa shape index (κ3) is 4.39. The van der Waals surface area contributed by atoms with Gasteiger partial charge < -0.3 is 14.7 Å². The quantitative estimate of drug-likeness (QED) is 0.507. The number of benzene rings is 3. The summed E-state index contributed by atoms with van der Waals surface area (Å²) in [6.07, 6.45) is 1.60. The standard InChI is InChI=1S/C27H24ClFN2O3/c1-17-13-23(32)22(16-30-9-11-31(12-10-30)21-4-2-3-19(28)15-21)27-25(17)26(33)24(34-27)14-18-5-7-20(29)8-6-18/h2-8,13-15,32H,9-12,16H2,1H3/b24-14-. The van der Waals surface area contributed by atoms with E-state index in [9.17, 15) is 14.3 Å². The van der Waals surface area contributed by atoms with Crippen molar-refractivity contribution in [2.24, 2.45) is 0 Å². The topological polar surface area (TPSA) is 53.0 Å². The number of hydrogen-bond donors (Lipinski definition) is 1. The lowest BCUT2D eigenvalue weighted by molar-refractivity contribution is 0.101. The third-order valence-electron chi connectivity index (χ3n) is 6.32. The van der Waals surface area contributed by atoms with Crippen molar-refractivity contribution in [3.63, 3.8) is 0 Å². The maximum absolute atomic E-state index is 13.2. The van der Waals surface area contributed by atoms with Crippen molar-refractivity contribution in [2.45, 2.75) is 13.5 Å². The van der Waals surface area contributed by atoms with Crippen LogP contribution in [0.1, 0.15) is 27.0 Å². The van der Waals surface area contributed by atoms with E-state index in [0.29, 0.717) is 39.6 Å². The lowest BCUT2D eigenvalue weighted by atomic mass is 9.99. The Hall–Kier alpha value is -3.35. The van der Waals surface area contributed by atoms with Gasteiger partial charge >= 0.3 is 0 Å². The number of carbonyl (C=O) groups is 1. The molecule has 0 aromatic heterocycles. The first-order valence-corrected chi connectivity index (χ1v) is 11.5. The molecular weight excluding hydrogens is 455 g/mol. The van der Waals surface area contributed by atoms with Crippen LogP contribution in [0.25, 0.3) is 6.08 Å². The molecule has 174 valence electrons. The molecule has 1 saturated heterocycles. The van der Waals surface area contributed by atoms with E-state index in [4.69, 9.17) is 16.3 Å². The predicted molar refractivity (Wildman–Crippen MR) is 131 cm³/mol. The summed E-state index contributed by atoms with van der Waals surface area (Å²) in [7, 11) is 0. The summed E-state index contributed by atoms with van der Waals surface area (Å²) in [5, 5.41) is 11.4. The van der Waals surface area contributed by atoms with Gasteiger partial charge in [0.1, 0.15) is 17.3 Å². The Morgan fingerprint density at radius 3 is 2.53 bits per heavy atom. The van der Waals surface area contributed by atoms with Gasteiger partial charge in [-0.15, -0.1) is 0 Å². The van der Waals surface area contributed by atoms with Gasteiger partial charge in [0.15, 0.2) is 5.76 Å². The Morgan fingerprint density at radius 2 is 1.82 bits per heavy atom. The average molecular weight is 479 g/mol. The number of ketones is 1. The molecule has 0 aliphatic carbocycles. The van der Waals surface area contributed by atoms with Crippen molar-refractivity contribution < 1.29 is 19.0 Å². The van der Waals surface area contributed by atoms with E-state index < -0.39 is 0 Å². The minimum atomic E-state index is -0.345. The van der Waals surface area contributed by atoms with Gasteiger partial charge in [-0.2, -0.15) is 0 Å². The summed E-state index contributed by atoms with van der Waals surface area (Å²) in [6.45, 7) is 5.49. The molecule has 0 bridgehead atoms. The molecule has 0 unspecified atom stereocenters. The number of phenols is 1. The number of phenolic OH excluding ortho intramolecular Hbond substituents is 1. The van der Waals surface area contributed by atoms with Crippen molar-refractivity contribution in [1.29, 1.82) is 0 Å². The highest BCUT2D eigenvalue weighted by Gasteiger charge is 2.34. The zero-order valence-electron chi connectivity index (χ0n) is 18.7. The molecule has 3 aromatic rings. The number of allylic oxidation sites excluding steroid dienone is 1. The fourth-order valence-electron chi connectivity index (χ4n) is 4.50. The van der Waals surface area contributed by atoms with E-state index in [1.54, 1.807) is 31.2 Å². The fourth-order valence-corrected chi connectivity index (χ4v) is 4.69. The van der Waals surface area contributed by atoms with E-state index in [2.05, 4.69) is 15.9 Å². The van der Waals surface area contributed by atoms with Crippen LogP contribution in [0.3, 0.4) is 0 Å². The minimum absolute atomic E-state index is 0.115. The summed E-state index contributed by atoms with van der Waals surface area (Å²) in [5.74, 6) is 0.117. The number of Topliss-reactive ketones (excluding diaryl/α,β-unsaturated/α-hetero) is 1. The van der Waals surface area contributed by atoms with E-state index in [1.165, 1.54) is 12.1 Å². The molecule has 34 heavy (non-hydrogen) atoms. The molecular formula is C27H24ClFN2O3. The van der Waals surface area contributed by atoms with Crippen molar-refractivity contribution in [3.05, 3.63) is 93.5 Å². The number of piperazine rings is 1. The van der Waals surface area contributed by atoms with Crippen LogP contribution in [0.5, 0.6) is 11.5 Å². The van der Waals surface area contributed by atoms with Crippen molar-refractivity contribution in [2.75, 3.05) is 31.1 Å². The molecule has 0 spiro atoms. The Morgan fingerprint density at radius 1 is 1.09 bits per heavy atom. The second-order valence-electron chi connectivity index (χ2n) is 8.63. The van der Waals surface area contributed by atoms with Crippen LogP contribution < -0.4 is 9.64 Å². The summed E-state index contributed by atoms with van der Waals surface area (Å²) in [6, 6.07) is 15.3. The van der Waals surface area contributed by atoms with Gasteiger partial charge in [0, 0.05) is 43.4 Å².